The van der Waals surface area contributed by atoms with E-state index in [9.17, 15) is 9.59 Å². The Morgan fingerprint density at radius 3 is 2.50 bits per heavy atom. The van der Waals surface area contributed by atoms with E-state index >= 15 is 0 Å². The number of pyridine rings is 1. The van der Waals surface area contributed by atoms with E-state index in [2.05, 4.69) is 34.3 Å². The summed E-state index contributed by atoms with van der Waals surface area (Å²) in [5, 5.41) is 12.6. The van der Waals surface area contributed by atoms with Gasteiger partial charge >= 0.3 is 12.1 Å². The fraction of sp³-hybridized carbons (Fsp3) is 0.485. The van der Waals surface area contributed by atoms with Crippen molar-refractivity contribution in [3.8, 4) is 5.75 Å². The molecule has 0 aliphatic carbocycles. The number of aliphatic carboxylic acids is 1. The zero-order valence-electron chi connectivity index (χ0n) is 25.2. The standard InChI is InChI=1S/C20H27N3O.C13H17NO4/c1-3-13-12-23-9-7-14(13)10-19(23)20(21)16-6-8-22-18-5-4-15(24-2)11-17(16)18;1-13(2,3)18-12(17)14-10(11(15)16)9-7-5-4-6-8-9/h4-6,8,11,13-14,19-20H,3,7,9-10,12,21H2,1-2H3;4-8,10H,1-3H3,(H,14,17)(H,15,16)/t13-,14-,19-,20-;10-/m01/s1. The van der Waals surface area contributed by atoms with Crippen LogP contribution in [0.5, 0.6) is 5.75 Å². The number of carbonyl (C=O) groups excluding carboxylic acids is 1. The molecule has 6 rings (SSSR count). The van der Waals surface area contributed by atoms with Gasteiger partial charge in [0.2, 0.25) is 0 Å². The topological polar surface area (TPSA) is 127 Å². The third-order valence-corrected chi connectivity index (χ3v) is 8.26. The van der Waals surface area contributed by atoms with E-state index < -0.39 is 23.7 Å². The molecule has 42 heavy (non-hydrogen) atoms. The lowest BCUT2D eigenvalue weighted by atomic mass is 9.72. The van der Waals surface area contributed by atoms with Crippen LogP contribution in [0.1, 0.15) is 70.2 Å². The summed E-state index contributed by atoms with van der Waals surface area (Å²) in [4.78, 5) is 29.8. The molecule has 1 aromatic heterocycles. The first kappa shape index (κ1) is 31.3. The Hall–Kier alpha value is -3.69. The predicted octanol–water partition coefficient (Wildman–Crippen LogP) is 5.70. The van der Waals surface area contributed by atoms with Crippen LogP contribution in [0.2, 0.25) is 0 Å². The highest BCUT2D eigenvalue weighted by Gasteiger charge is 2.42. The van der Waals surface area contributed by atoms with E-state index in [-0.39, 0.29) is 6.04 Å². The number of carbonyl (C=O) groups is 2. The van der Waals surface area contributed by atoms with Crippen molar-refractivity contribution in [1.29, 1.82) is 0 Å². The van der Waals surface area contributed by atoms with Crippen molar-refractivity contribution in [2.45, 2.75) is 70.7 Å². The van der Waals surface area contributed by atoms with Crippen LogP contribution < -0.4 is 15.8 Å². The number of alkyl carbamates (subject to hydrolysis) is 1. The van der Waals surface area contributed by atoms with Gasteiger partial charge in [-0.15, -0.1) is 0 Å². The molecule has 226 valence electrons. The summed E-state index contributed by atoms with van der Waals surface area (Å²) in [6.45, 7) is 9.88. The van der Waals surface area contributed by atoms with E-state index in [0.29, 0.717) is 11.6 Å². The summed E-state index contributed by atoms with van der Waals surface area (Å²) in [5.74, 6) is 1.43. The monoisotopic (exact) mass is 576 g/mol. The van der Waals surface area contributed by atoms with Crippen LogP contribution >= 0.6 is 0 Å². The predicted molar refractivity (Wildman–Crippen MR) is 163 cm³/mol. The molecule has 3 aliphatic heterocycles. The van der Waals surface area contributed by atoms with Gasteiger partial charge in [-0.1, -0.05) is 43.7 Å². The first-order valence-electron chi connectivity index (χ1n) is 14.7. The van der Waals surface area contributed by atoms with Gasteiger partial charge in [0.1, 0.15) is 11.4 Å². The Morgan fingerprint density at radius 1 is 1.17 bits per heavy atom. The van der Waals surface area contributed by atoms with Crippen molar-refractivity contribution in [1.82, 2.24) is 15.2 Å². The number of piperidine rings is 3. The lowest BCUT2D eigenvalue weighted by Crippen LogP contribution is -2.56. The molecular formula is C33H44N4O5. The molecule has 6 atom stereocenters. The molecule has 3 aliphatic rings. The smallest absolute Gasteiger partial charge is 0.408 e. The van der Waals surface area contributed by atoms with Crippen molar-refractivity contribution >= 4 is 23.0 Å². The van der Waals surface area contributed by atoms with Crippen molar-refractivity contribution < 1.29 is 24.2 Å². The lowest BCUT2D eigenvalue weighted by molar-refractivity contribution is -0.139. The number of hydrogen-bond donors (Lipinski definition) is 3. The third kappa shape index (κ3) is 7.57. The zero-order chi connectivity index (χ0) is 30.4. The number of hydrogen-bond acceptors (Lipinski definition) is 7. The van der Waals surface area contributed by atoms with Gasteiger partial charge in [-0.3, -0.25) is 9.88 Å². The maximum Gasteiger partial charge on any atom is 0.408 e. The molecule has 0 radical (unpaired) electrons. The molecule has 9 heteroatoms. The van der Waals surface area contributed by atoms with Gasteiger partial charge in [-0.05, 0) is 87.4 Å². The summed E-state index contributed by atoms with van der Waals surface area (Å²) < 4.78 is 10.4. The number of fused-ring (bicyclic) bond motifs is 4. The highest BCUT2D eigenvalue weighted by atomic mass is 16.6. The van der Waals surface area contributed by atoms with E-state index in [1.54, 1.807) is 58.2 Å². The zero-order valence-corrected chi connectivity index (χ0v) is 25.2. The van der Waals surface area contributed by atoms with Crippen LogP contribution in [-0.2, 0) is 9.53 Å². The average Bonchev–Trinajstić information content (AvgIpc) is 2.98. The Bertz CT molecular complexity index is 1360. The highest BCUT2D eigenvalue weighted by molar-refractivity contribution is 5.84. The van der Waals surface area contributed by atoms with E-state index in [1.807, 2.05) is 18.3 Å². The SMILES string of the molecule is CC(C)(C)OC(=O)N[C@@H](C(=O)O)c1ccccc1.CC[C@H]1CN2CC[C@H]1C[C@H]2[C@@H](N)c1ccnc2ccc(OC)cc12. The number of aromatic nitrogens is 1. The van der Waals surface area contributed by atoms with Crippen LogP contribution in [0.25, 0.3) is 10.9 Å². The van der Waals surface area contributed by atoms with Gasteiger partial charge in [0.15, 0.2) is 6.04 Å². The van der Waals surface area contributed by atoms with E-state index in [4.69, 9.17) is 20.3 Å². The largest absolute Gasteiger partial charge is 0.497 e. The summed E-state index contributed by atoms with van der Waals surface area (Å²) in [6, 6.07) is 16.0. The van der Waals surface area contributed by atoms with Crippen LogP contribution in [0.15, 0.2) is 60.8 Å². The molecule has 3 fully saturated rings. The molecule has 2 bridgehead atoms. The number of methoxy groups -OCH3 is 1. The third-order valence-electron chi connectivity index (χ3n) is 8.26. The molecule has 3 aromatic rings. The van der Waals surface area contributed by atoms with Gasteiger partial charge in [0.25, 0.3) is 0 Å². The van der Waals surface area contributed by atoms with Gasteiger partial charge in [-0.2, -0.15) is 0 Å². The number of amides is 1. The number of carboxylic acids is 1. The second kappa shape index (κ2) is 13.5. The average molecular weight is 577 g/mol. The van der Waals surface area contributed by atoms with Gasteiger partial charge in [0.05, 0.1) is 12.6 Å². The lowest BCUT2D eigenvalue weighted by Gasteiger charge is -2.51. The molecule has 1 amide bonds. The summed E-state index contributed by atoms with van der Waals surface area (Å²) in [7, 11) is 1.70. The quantitative estimate of drug-likeness (QED) is 0.327. The maximum absolute atomic E-state index is 11.6. The molecule has 0 spiro atoms. The first-order chi connectivity index (χ1) is 20.0. The molecule has 3 saturated heterocycles. The molecule has 1 unspecified atom stereocenters. The number of carboxylic acid groups (broad SMARTS) is 1. The van der Waals surface area contributed by atoms with Gasteiger partial charge in [0, 0.05) is 30.2 Å². The highest BCUT2D eigenvalue weighted by Crippen LogP contribution is 2.42. The van der Waals surface area contributed by atoms with Gasteiger partial charge in [-0.25, -0.2) is 9.59 Å². The molecule has 0 saturated carbocycles. The molecule has 4 heterocycles. The fourth-order valence-corrected chi connectivity index (χ4v) is 6.15. The Balaban J connectivity index is 0.000000202. The van der Waals surface area contributed by atoms with Crippen molar-refractivity contribution in [3.05, 3.63) is 71.9 Å². The number of ether oxygens (including phenoxy) is 2. The van der Waals surface area contributed by atoms with Crippen LogP contribution in [0, 0.1) is 11.8 Å². The van der Waals surface area contributed by atoms with E-state index in [1.165, 1.54) is 37.9 Å². The normalized spacial score (nSPS) is 22.8. The minimum Gasteiger partial charge on any atom is -0.497 e. The second-order valence-corrected chi connectivity index (χ2v) is 12.2. The molecule has 2 aromatic carbocycles. The molecule has 4 N–H and O–H groups in total. The number of nitrogens with one attached hydrogen (secondary N) is 1. The Kier molecular flexibility index (Phi) is 10.1. The van der Waals surface area contributed by atoms with Gasteiger partial charge < -0.3 is 25.6 Å². The number of nitrogens with zero attached hydrogens (tertiary/aromatic N) is 2. The Morgan fingerprint density at radius 2 is 1.90 bits per heavy atom. The van der Waals surface area contributed by atoms with Crippen LogP contribution in [0.4, 0.5) is 4.79 Å². The summed E-state index contributed by atoms with van der Waals surface area (Å²) in [5.41, 5.74) is 8.81. The number of benzene rings is 2. The van der Waals surface area contributed by atoms with E-state index in [0.717, 1.165) is 28.5 Å². The van der Waals surface area contributed by atoms with Crippen molar-refractivity contribution in [3.63, 3.8) is 0 Å². The van der Waals surface area contributed by atoms with Crippen LogP contribution in [0.3, 0.4) is 0 Å². The minimum atomic E-state index is -1.13. The summed E-state index contributed by atoms with van der Waals surface area (Å²) >= 11 is 0. The minimum absolute atomic E-state index is 0.0308. The van der Waals surface area contributed by atoms with Crippen molar-refractivity contribution in [2.75, 3.05) is 20.2 Å². The number of rotatable bonds is 7. The maximum atomic E-state index is 11.6. The Labute approximate surface area is 248 Å². The molecular weight excluding hydrogens is 532 g/mol. The van der Waals surface area contributed by atoms with Crippen molar-refractivity contribution in [2.24, 2.45) is 17.6 Å². The first-order valence-corrected chi connectivity index (χ1v) is 14.7. The second-order valence-electron chi connectivity index (χ2n) is 12.2. The summed E-state index contributed by atoms with van der Waals surface area (Å²) in [6.07, 6.45) is 4.99. The fourth-order valence-electron chi connectivity index (χ4n) is 6.15. The van der Waals surface area contributed by atoms with Crippen LogP contribution in [-0.4, -0.2) is 58.9 Å². The molecule has 9 nitrogen and oxygen atoms in total. The number of nitrogens with two attached hydrogens (primary N) is 1.